The average Bonchev–Trinajstić information content (AvgIpc) is 3.08. The van der Waals surface area contributed by atoms with Crippen LogP contribution in [0.4, 0.5) is 5.69 Å². The van der Waals surface area contributed by atoms with Crippen LogP contribution in [-0.4, -0.2) is 22.6 Å². The molecule has 0 aliphatic carbocycles. The molecule has 0 unspecified atom stereocenters. The zero-order valence-electron chi connectivity index (χ0n) is 15.6. The number of nitrogens with zero attached hydrogens (tertiary/aromatic N) is 3. The molecule has 1 aliphatic rings. The van der Waals surface area contributed by atoms with Gasteiger partial charge in [-0.1, -0.05) is 32.9 Å². The Hall–Kier alpha value is -2.49. The number of anilines is 1. The Labute approximate surface area is 148 Å². The Balaban J connectivity index is 1.82. The number of furan rings is 1. The van der Waals surface area contributed by atoms with E-state index in [2.05, 4.69) is 80.0 Å². The summed E-state index contributed by atoms with van der Waals surface area (Å²) in [7, 11) is 0. The summed E-state index contributed by atoms with van der Waals surface area (Å²) in [6.45, 7) is 12.2. The third-order valence-corrected chi connectivity index (χ3v) is 4.81. The predicted octanol–water partition coefficient (Wildman–Crippen LogP) is 5.27. The van der Waals surface area contributed by atoms with Gasteiger partial charge < -0.3 is 14.2 Å². The molecule has 0 N–H and O–H groups in total. The Morgan fingerprint density at radius 2 is 1.92 bits per heavy atom. The Kier molecular flexibility index (Phi) is 3.53. The number of pyridine rings is 1. The molecule has 130 valence electrons. The number of aromatic nitrogens is 1. The van der Waals surface area contributed by atoms with Crippen molar-refractivity contribution in [3.8, 4) is 0 Å². The molecule has 0 fully saturated rings. The van der Waals surface area contributed by atoms with Gasteiger partial charge in [0, 0.05) is 35.9 Å². The molecule has 4 rings (SSSR count). The average molecular weight is 335 g/mol. The first kappa shape index (κ1) is 16.0. The lowest BCUT2D eigenvalue weighted by Crippen LogP contribution is -2.40. The highest BCUT2D eigenvalue weighted by Crippen LogP contribution is 2.39. The maximum Gasteiger partial charge on any atom is 0.227 e. The second kappa shape index (κ2) is 5.51. The Morgan fingerprint density at radius 1 is 1.12 bits per heavy atom. The van der Waals surface area contributed by atoms with Crippen LogP contribution in [0.3, 0.4) is 0 Å². The number of rotatable bonds is 2. The van der Waals surface area contributed by atoms with Gasteiger partial charge in [0.15, 0.2) is 5.58 Å². The van der Waals surface area contributed by atoms with Gasteiger partial charge in [0.2, 0.25) is 5.71 Å². The SMILES string of the molecule is Cc1ccc2c(oc3ncccc32)c1N1C=CN(CC(C)(C)C)[C@@H]1C. The van der Waals surface area contributed by atoms with E-state index in [1.54, 1.807) is 6.20 Å². The maximum atomic E-state index is 6.16. The van der Waals surface area contributed by atoms with Crippen LogP contribution in [0.1, 0.15) is 33.3 Å². The van der Waals surface area contributed by atoms with E-state index in [9.17, 15) is 0 Å². The minimum atomic E-state index is 0.249. The Bertz CT molecular complexity index is 964. The summed E-state index contributed by atoms with van der Waals surface area (Å²) in [5.41, 5.74) is 4.21. The largest absolute Gasteiger partial charge is 0.435 e. The first-order chi connectivity index (χ1) is 11.8. The van der Waals surface area contributed by atoms with E-state index in [4.69, 9.17) is 4.42 Å². The van der Waals surface area contributed by atoms with Crippen molar-refractivity contribution in [3.63, 3.8) is 0 Å². The highest BCUT2D eigenvalue weighted by atomic mass is 16.3. The first-order valence-electron chi connectivity index (χ1n) is 8.84. The van der Waals surface area contributed by atoms with Crippen molar-refractivity contribution in [2.45, 2.75) is 40.8 Å². The van der Waals surface area contributed by atoms with Gasteiger partial charge >= 0.3 is 0 Å². The highest BCUT2D eigenvalue weighted by Gasteiger charge is 2.29. The van der Waals surface area contributed by atoms with E-state index in [1.165, 1.54) is 5.56 Å². The molecule has 2 aromatic heterocycles. The highest BCUT2D eigenvalue weighted by molar-refractivity contribution is 6.08. The van der Waals surface area contributed by atoms with Crippen molar-refractivity contribution in [1.82, 2.24) is 9.88 Å². The molecule has 0 amide bonds. The van der Waals surface area contributed by atoms with Gasteiger partial charge in [-0.2, -0.15) is 0 Å². The fourth-order valence-electron chi connectivity index (χ4n) is 3.64. The van der Waals surface area contributed by atoms with Crippen molar-refractivity contribution in [3.05, 3.63) is 48.4 Å². The van der Waals surface area contributed by atoms with Crippen LogP contribution in [-0.2, 0) is 0 Å². The third-order valence-electron chi connectivity index (χ3n) is 4.81. The molecule has 1 aliphatic heterocycles. The van der Waals surface area contributed by atoms with E-state index in [-0.39, 0.29) is 11.6 Å². The van der Waals surface area contributed by atoms with E-state index in [1.807, 2.05) is 6.07 Å². The molecule has 3 heterocycles. The zero-order valence-corrected chi connectivity index (χ0v) is 15.6. The molecule has 4 heteroatoms. The predicted molar refractivity (Wildman–Crippen MR) is 103 cm³/mol. The normalized spacial score (nSPS) is 18.0. The molecular weight excluding hydrogens is 310 g/mol. The lowest BCUT2D eigenvalue weighted by atomic mass is 9.96. The number of fused-ring (bicyclic) bond motifs is 3. The number of benzene rings is 1. The molecule has 0 spiro atoms. The van der Waals surface area contributed by atoms with E-state index in [0.29, 0.717) is 5.71 Å². The molecule has 1 atom stereocenters. The summed E-state index contributed by atoms with van der Waals surface area (Å²) in [6, 6.07) is 8.34. The molecule has 3 aromatic rings. The molecule has 0 bridgehead atoms. The van der Waals surface area contributed by atoms with E-state index >= 15 is 0 Å². The van der Waals surface area contributed by atoms with Gasteiger partial charge in [-0.3, -0.25) is 0 Å². The second-order valence-corrected chi connectivity index (χ2v) is 8.14. The summed E-state index contributed by atoms with van der Waals surface area (Å²) in [5.74, 6) is 0. The van der Waals surface area contributed by atoms with Crippen molar-refractivity contribution in [2.75, 3.05) is 11.4 Å². The van der Waals surface area contributed by atoms with Crippen LogP contribution in [0.5, 0.6) is 0 Å². The van der Waals surface area contributed by atoms with E-state index < -0.39 is 0 Å². The molecule has 0 radical (unpaired) electrons. The molecule has 0 saturated heterocycles. The van der Waals surface area contributed by atoms with E-state index in [0.717, 1.165) is 28.6 Å². The van der Waals surface area contributed by atoms with Crippen LogP contribution in [0, 0.1) is 12.3 Å². The zero-order chi connectivity index (χ0) is 17.8. The number of aryl methyl sites for hydroxylation is 1. The lowest BCUT2D eigenvalue weighted by molar-refractivity contribution is 0.221. The van der Waals surface area contributed by atoms with Gasteiger partial charge in [0.25, 0.3) is 0 Å². The monoisotopic (exact) mass is 335 g/mol. The number of hydrogen-bond acceptors (Lipinski definition) is 4. The Morgan fingerprint density at radius 3 is 2.68 bits per heavy atom. The fraction of sp³-hybridized carbons (Fsp3) is 0.381. The second-order valence-electron chi connectivity index (χ2n) is 8.14. The van der Waals surface area contributed by atoms with Crippen molar-refractivity contribution in [1.29, 1.82) is 0 Å². The summed E-state index contributed by atoms with van der Waals surface area (Å²) < 4.78 is 6.16. The van der Waals surface area contributed by atoms with Gasteiger partial charge in [-0.25, -0.2) is 4.98 Å². The smallest absolute Gasteiger partial charge is 0.227 e. The van der Waals surface area contributed by atoms with Gasteiger partial charge in [0.05, 0.1) is 5.69 Å². The number of hydrogen-bond donors (Lipinski definition) is 0. The third kappa shape index (κ3) is 2.66. The molecule has 4 nitrogen and oxygen atoms in total. The quantitative estimate of drug-likeness (QED) is 0.638. The molecule has 1 aromatic carbocycles. The molecule has 25 heavy (non-hydrogen) atoms. The summed E-state index contributed by atoms with van der Waals surface area (Å²) in [5, 5.41) is 2.19. The van der Waals surface area contributed by atoms with Crippen LogP contribution < -0.4 is 4.90 Å². The lowest BCUT2D eigenvalue weighted by Gasteiger charge is -2.34. The van der Waals surface area contributed by atoms with Gasteiger partial charge in [-0.15, -0.1) is 0 Å². The maximum absolute atomic E-state index is 6.16. The summed E-state index contributed by atoms with van der Waals surface area (Å²) in [4.78, 5) is 9.08. The van der Waals surface area contributed by atoms with Gasteiger partial charge in [-0.05, 0) is 37.0 Å². The first-order valence-corrected chi connectivity index (χ1v) is 8.84. The summed E-state index contributed by atoms with van der Waals surface area (Å²) >= 11 is 0. The van der Waals surface area contributed by atoms with Crippen LogP contribution in [0.15, 0.2) is 47.3 Å². The van der Waals surface area contributed by atoms with Crippen LogP contribution >= 0.6 is 0 Å². The topological polar surface area (TPSA) is 32.5 Å². The summed E-state index contributed by atoms with van der Waals surface area (Å²) in [6.07, 6.45) is 6.39. The van der Waals surface area contributed by atoms with Crippen LogP contribution in [0.25, 0.3) is 22.1 Å². The molecular formula is C21H25N3O. The minimum Gasteiger partial charge on any atom is -0.435 e. The van der Waals surface area contributed by atoms with Crippen molar-refractivity contribution < 1.29 is 4.42 Å². The molecule has 0 saturated carbocycles. The fourth-order valence-corrected chi connectivity index (χ4v) is 3.64. The minimum absolute atomic E-state index is 0.249. The van der Waals surface area contributed by atoms with Crippen molar-refractivity contribution >= 4 is 27.8 Å². The van der Waals surface area contributed by atoms with Crippen LogP contribution in [0.2, 0.25) is 0 Å². The standard InChI is InChI=1S/C21H25N3O/c1-14-8-9-16-17-7-6-10-22-20(17)25-19(16)18(14)24-12-11-23(15(24)2)13-21(3,4)5/h6-12,15H,13H2,1-5H3/t15-/m0/s1. The van der Waals surface area contributed by atoms with Crippen molar-refractivity contribution in [2.24, 2.45) is 5.41 Å². The van der Waals surface area contributed by atoms with Gasteiger partial charge in [0.1, 0.15) is 6.17 Å².